The Morgan fingerprint density at radius 2 is 1.13 bits per heavy atom. The van der Waals surface area contributed by atoms with Gasteiger partial charge in [-0.1, -0.05) is 41.0 Å². The molecule has 0 amide bonds. The van der Waals surface area contributed by atoms with Gasteiger partial charge in [0.15, 0.2) is 0 Å². The molecule has 6 atom stereocenters. The molecule has 0 fully saturated rings. The van der Waals surface area contributed by atoms with Crippen LogP contribution < -0.4 is 0 Å². The number of aliphatic hydroxyl groups is 9. The highest BCUT2D eigenvalue weighted by atomic mass is 16.5. The molecule has 0 saturated carbocycles. The third kappa shape index (κ3) is 25.2. The summed E-state index contributed by atoms with van der Waals surface area (Å²) in [5.41, 5.74) is 0.111. The van der Waals surface area contributed by atoms with Crippen LogP contribution in [-0.4, -0.2) is 166 Å². The van der Waals surface area contributed by atoms with Gasteiger partial charge < -0.3 is 60.2 Å². The fraction of sp³-hybridized carbons (Fsp3) is 1.00. The van der Waals surface area contributed by atoms with Gasteiger partial charge in [-0.25, -0.2) is 0 Å². The molecule has 0 heterocycles. The first-order chi connectivity index (χ1) is 21.0. The van der Waals surface area contributed by atoms with Gasteiger partial charge in [-0.3, -0.25) is 4.90 Å². The molecule has 274 valence electrons. The van der Waals surface area contributed by atoms with E-state index < -0.39 is 36.6 Å². The number of hydrogen-bond donors (Lipinski definition) is 9. The number of ether oxygens (including phenoxy) is 3. The van der Waals surface area contributed by atoms with Crippen molar-refractivity contribution in [1.29, 1.82) is 0 Å². The maximum Gasteiger partial charge on any atom is 0.107 e. The molecule has 13 nitrogen and oxygen atoms in total. The second-order valence-electron chi connectivity index (χ2n) is 13.6. The van der Waals surface area contributed by atoms with E-state index in [4.69, 9.17) is 29.5 Å². The maximum atomic E-state index is 10.1. The molecule has 0 aliphatic rings. The largest absolute Gasteiger partial charge is 0.396 e. The van der Waals surface area contributed by atoms with Crippen LogP contribution in [0.3, 0.4) is 0 Å². The van der Waals surface area contributed by atoms with E-state index in [1.807, 2.05) is 0 Å². The molecule has 13 heteroatoms. The zero-order valence-corrected chi connectivity index (χ0v) is 29.1. The van der Waals surface area contributed by atoms with Gasteiger partial charge in [0.2, 0.25) is 0 Å². The summed E-state index contributed by atoms with van der Waals surface area (Å²) in [6.07, 6.45) is -5.23. The third-order valence-electron chi connectivity index (χ3n) is 7.16. The van der Waals surface area contributed by atoms with Crippen LogP contribution in [0.15, 0.2) is 0 Å². The van der Waals surface area contributed by atoms with Gasteiger partial charge in [0, 0.05) is 39.5 Å². The zero-order chi connectivity index (χ0) is 35.1. The Labute approximate surface area is 271 Å². The molecule has 0 rings (SSSR count). The van der Waals surface area contributed by atoms with Gasteiger partial charge in [0.25, 0.3) is 0 Å². The maximum absolute atomic E-state index is 10.1. The first-order valence-electron chi connectivity index (χ1n) is 16.4. The molecule has 9 N–H and O–H groups in total. The topological polar surface area (TPSA) is 213 Å². The smallest absolute Gasteiger partial charge is 0.107 e. The van der Waals surface area contributed by atoms with Crippen molar-refractivity contribution in [3.05, 3.63) is 0 Å². The van der Waals surface area contributed by atoms with Gasteiger partial charge in [-0.15, -0.1) is 0 Å². The lowest BCUT2D eigenvalue weighted by Gasteiger charge is -2.32. The number of aliphatic hydroxyl groups excluding tert-OH is 9. The van der Waals surface area contributed by atoms with Crippen LogP contribution in [0.5, 0.6) is 0 Å². The number of hydrogen-bond acceptors (Lipinski definition) is 13. The fourth-order valence-electron chi connectivity index (χ4n) is 4.42. The SMILES string of the molecule is CCCC(C)(C)COCC(C)(C)OCCC(C)C.OCCOCCN(CC(O)C(O)C(O)CCO)CC(O)C(O)C(O)CCO. The summed E-state index contributed by atoms with van der Waals surface area (Å²) < 4.78 is 16.9. The first-order valence-corrected chi connectivity index (χ1v) is 16.4. The van der Waals surface area contributed by atoms with Gasteiger partial charge >= 0.3 is 0 Å². The van der Waals surface area contributed by atoms with Crippen LogP contribution in [0.25, 0.3) is 0 Å². The van der Waals surface area contributed by atoms with E-state index in [1.54, 1.807) is 0 Å². The molecule has 6 unspecified atom stereocenters. The van der Waals surface area contributed by atoms with E-state index in [1.165, 1.54) is 17.7 Å². The van der Waals surface area contributed by atoms with Gasteiger partial charge in [-0.05, 0) is 50.9 Å². The van der Waals surface area contributed by atoms with Crippen molar-refractivity contribution in [2.75, 3.05) is 72.5 Å². The van der Waals surface area contributed by atoms with Crippen molar-refractivity contribution < 1.29 is 60.2 Å². The van der Waals surface area contributed by atoms with Crippen molar-refractivity contribution >= 4 is 0 Å². The van der Waals surface area contributed by atoms with Crippen LogP contribution in [0.2, 0.25) is 0 Å². The minimum atomic E-state index is -1.53. The molecule has 0 aromatic heterocycles. The summed E-state index contributed by atoms with van der Waals surface area (Å²) in [4.78, 5) is 1.45. The summed E-state index contributed by atoms with van der Waals surface area (Å²) in [6, 6.07) is 0. The monoisotopic (exact) mass is 659 g/mol. The van der Waals surface area contributed by atoms with Crippen molar-refractivity contribution in [2.24, 2.45) is 11.3 Å². The lowest BCUT2D eigenvalue weighted by atomic mass is 9.89. The third-order valence-corrected chi connectivity index (χ3v) is 7.16. The lowest BCUT2D eigenvalue weighted by molar-refractivity contribution is -0.0942. The molecule has 0 radical (unpaired) electrons. The number of rotatable bonds is 27. The number of nitrogens with zero attached hydrogens (tertiary/aromatic N) is 1. The Hall–Kier alpha value is -0.520. The lowest BCUT2D eigenvalue weighted by Crippen LogP contribution is -2.50. The highest BCUT2D eigenvalue weighted by Gasteiger charge is 2.30. The molecule has 0 aromatic carbocycles. The van der Waals surface area contributed by atoms with Crippen molar-refractivity contribution in [1.82, 2.24) is 4.90 Å². The first kappa shape index (κ1) is 46.6. The second-order valence-corrected chi connectivity index (χ2v) is 13.6. The molecular weight excluding hydrogens is 590 g/mol. The summed E-state index contributed by atoms with van der Waals surface area (Å²) >= 11 is 0. The highest BCUT2D eigenvalue weighted by molar-refractivity contribution is 4.82. The standard InChI is InChI=1S/C16H35NO10.C16H34O2/c18-4-1-11(21)15(25)13(23)9-17(3-7-27-8-6-20)10-14(24)16(26)12(22)2-5-19;1-8-10-15(4,5)12-17-13-16(6,7)18-11-9-14(2)3/h11-16,18-26H,1-10H2;14H,8-13H2,1-7H3. The van der Waals surface area contributed by atoms with Crippen LogP contribution in [-0.2, 0) is 14.2 Å². The van der Waals surface area contributed by atoms with E-state index in [0.29, 0.717) is 12.5 Å². The Morgan fingerprint density at radius 3 is 1.56 bits per heavy atom. The van der Waals surface area contributed by atoms with Crippen molar-refractivity contribution in [3.8, 4) is 0 Å². The van der Waals surface area contributed by atoms with Gasteiger partial charge in [0.05, 0.1) is 63.1 Å². The predicted octanol–water partition coefficient (Wildman–Crippen LogP) is -0.102. The zero-order valence-electron chi connectivity index (χ0n) is 29.1. The molecule has 0 spiro atoms. The van der Waals surface area contributed by atoms with Crippen molar-refractivity contribution in [3.63, 3.8) is 0 Å². The summed E-state index contributed by atoms with van der Waals surface area (Å²) in [5, 5.41) is 85.6. The Balaban J connectivity index is 0. The molecule has 0 aliphatic carbocycles. The van der Waals surface area contributed by atoms with E-state index in [9.17, 15) is 30.6 Å². The highest BCUT2D eigenvalue weighted by Crippen LogP contribution is 2.23. The summed E-state index contributed by atoms with van der Waals surface area (Å²) in [6.45, 7) is 16.9. The van der Waals surface area contributed by atoms with E-state index in [0.717, 1.165) is 19.6 Å². The molecule has 45 heavy (non-hydrogen) atoms. The average molecular weight is 660 g/mol. The van der Waals surface area contributed by atoms with Crippen LogP contribution in [0, 0.1) is 11.3 Å². The quantitative estimate of drug-likeness (QED) is 0.0528. The van der Waals surface area contributed by atoms with E-state index in [2.05, 4.69) is 48.5 Å². The minimum absolute atomic E-state index is 0.0919. The summed E-state index contributed by atoms with van der Waals surface area (Å²) in [7, 11) is 0. The van der Waals surface area contributed by atoms with E-state index in [-0.39, 0.29) is 76.5 Å². The summed E-state index contributed by atoms with van der Waals surface area (Å²) in [5.74, 6) is 0.699. The Kier molecular flexibility index (Phi) is 27.4. The molecule has 0 saturated heterocycles. The average Bonchev–Trinajstić information content (AvgIpc) is 2.94. The fourth-order valence-corrected chi connectivity index (χ4v) is 4.42. The predicted molar refractivity (Wildman–Crippen MR) is 173 cm³/mol. The molecular formula is C32H69NO12. The second kappa shape index (κ2) is 26.4. The molecule has 0 aliphatic heterocycles. The van der Waals surface area contributed by atoms with Crippen LogP contribution in [0.4, 0.5) is 0 Å². The van der Waals surface area contributed by atoms with E-state index >= 15 is 0 Å². The Morgan fingerprint density at radius 1 is 0.622 bits per heavy atom. The molecule has 0 bridgehead atoms. The van der Waals surface area contributed by atoms with Crippen LogP contribution in [0.1, 0.15) is 80.6 Å². The molecule has 0 aromatic rings. The normalized spacial score (nSPS) is 16.7. The van der Waals surface area contributed by atoms with Gasteiger partial charge in [-0.2, -0.15) is 0 Å². The van der Waals surface area contributed by atoms with Crippen LogP contribution >= 0.6 is 0 Å². The minimum Gasteiger partial charge on any atom is -0.396 e. The van der Waals surface area contributed by atoms with Gasteiger partial charge in [0.1, 0.15) is 12.2 Å². The van der Waals surface area contributed by atoms with Crippen molar-refractivity contribution in [2.45, 2.75) is 123 Å². The Bertz CT molecular complexity index is 644.